The molecule has 5 heteroatoms. The fourth-order valence-corrected chi connectivity index (χ4v) is 5.10. The van der Waals surface area contributed by atoms with Crippen LogP contribution in [0.25, 0.3) is 0 Å². The van der Waals surface area contributed by atoms with Crippen molar-refractivity contribution in [3.05, 3.63) is 50.4 Å². The van der Waals surface area contributed by atoms with Crippen molar-refractivity contribution in [1.29, 1.82) is 0 Å². The van der Waals surface area contributed by atoms with Crippen molar-refractivity contribution < 1.29 is 0 Å². The van der Waals surface area contributed by atoms with Crippen LogP contribution in [0.5, 0.6) is 0 Å². The number of alkyl halides is 1. The van der Waals surface area contributed by atoms with Gasteiger partial charge in [0, 0.05) is 27.9 Å². The molecule has 3 heterocycles. The van der Waals surface area contributed by atoms with Crippen molar-refractivity contribution in [2.45, 2.75) is 24.0 Å². The third kappa shape index (κ3) is 3.10. The van der Waals surface area contributed by atoms with E-state index in [9.17, 15) is 0 Å². The molecular weight excluding hydrogens is 317 g/mol. The highest BCUT2D eigenvalue weighted by Gasteiger charge is 2.19. The fourth-order valence-electron chi connectivity index (χ4n) is 2.19. The normalized spacial score (nSPS) is 16.1. The van der Waals surface area contributed by atoms with E-state index < -0.39 is 0 Å². The van der Waals surface area contributed by atoms with Gasteiger partial charge in [-0.15, -0.1) is 22.9 Å². The van der Waals surface area contributed by atoms with Crippen LogP contribution in [0.2, 0.25) is 5.02 Å². The van der Waals surface area contributed by atoms with Crippen molar-refractivity contribution in [2.24, 2.45) is 0 Å². The number of thioether (sulfide) groups is 1. The molecule has 1 aliphatic rings. The molecule has 0 aromatic carbocycles. The van der Waals surface area contributed by atoms with E-state index in [2.05, 4.69) is 11.1 Å². The quantitative estimate of drug-likeness (QED) is 0.726. The first-order valence-corrected chi connectivity index (χ1v) is 8.94. The SMILES string of the molecule is Clc1cnccc1CC(Cl)c1cc2c(s1)CCSC2. The van der Waals surface area contributed by atoms with Gasteiger partial charge in [-0.1, -0.05) is 11.6 Å². The van der Waals surface area contributed by atoms with Crippen LogP contribution in [0, 0.1) is 0 Å². The van der Waals surface area contributed by atoms with E-state index >= 15 is 0 Å². The second-order valence-electron chi connectivity index (χ2n) is 4.54. The standard InChI is InChI=1S/C14H13Cl2NS2/c15-11(5-9-1-3-17-7-12(9)16)14-6-10-8-18-4-2-13(10)19-14/h1,3,6-7,11H,2,4-5,8H2. The summed E-state index contributed by atoms with van der Waals surface area (Å²) < 4.78 is 0. The number of pyridine rings is 1. The maximum atomic E-state index is 6.56. The van der Waals surface area contributed by atoms with Gasteiger partial charge in [0.1, 0.15) is 0 Å². The zero-order valence-corrected chi connectivity index (χ0v) is 13.4. The molecule has 0 N–H and O–H groups in total. The summed E-state index contributed by atoms with van der Waals surface area (Å²) >= 11 is 16.6. The number of hydrogen-bond donors (Lipinski definition) is 0. The molecule has 2 aromatic rings. The highest BCUT2D eigenvalue weighted by atomic mass is 35.5. The van der Waals surface area contributed by atoms with Crippen LogP contribution in [-0.2, 0) is 18.6 Å². The summed E-state index contributed by atoms with van der Waals surface area (Å²) in [5.74, 6) is 2.36. The molecule has 0 fully saturated rings. The molecule has 0 aliphatic carbocycles. The number of halogens is 2. The van der Waals surface area contributed by atoms with Gasteiger partial charge in [0.05, 0.1) is 10.4 Å². The summed E-state index contributed by atoms with van der Waals surface area (Å²) in [6.45, 7) is 0. The van der Waals surface area contributed by atoms with Crippen LogP contribution in [0.3, 0.4) is 0 Å². The number of fused-ring (bicyclic) bond motifs is 1. The molecule has 0 radical (unpaired) electrons. The summed E-state index contributed by atoms with van der Waals surface area (Å²) in [5, 5.41) is 0.700. The van der Waals surface area contributed by atoms with Crippen LogP contribution in [0.4, 0.5) is 0 Å². The lowest BCUT2D eigenvalue weighted by Crippen LogP contribution is -1.96. The molecule has 2 aromatic heterocycles. The Morgan fingerprint density at radius 3 is 3.11 bits per heavy atom. The summed E-state index contributed by atoms with van der Waals surface area (Å²) in [5.41, 5.74) is 2.54. The van der Waals surface area contributed by atoms with Gasteiger partial charge >= 0.3 is 0 Å². The Bertz CT molecular complexity index is 559. The number of aromatic nitrogens is 1. The van der Waals surface area contributed by atoms with Crippen LogP contribution in [0.15, 0.2) is 24.5 Å². The van der Waals surface area contributed by atoms with Gasteiger partial charge in [-0.2, -0.15) is 11.8 Å². The zero-order chi connectivity index (χ0) is 13.2. The highest BCUT2D eigenvalue weighted by Crippen LogP contribution is 2.38. The third-order valence-electron chi connectivity index (χ3n) is 3.21. The molecule has 3 rings (SSSR count). The minimum absolute atomic E-state index is 0.000463. The van der Waals surface area contributed by atoms with Gasteiger partial charge in [-0.05, 0) is 41.9 Å². The fraction of sp³-hybridized carbons (Fsp3) is 0.357. The van der Waals surface area contributed by atoms with Crippen LogP contribution < -0.4 is 0 Å². The maximum absolute atomic E-state index is 6.56. The number of thiophene rings is 1. The van der Waals surface area contributed by atoms with Crippen molar-refractivity contribution in [1.82, 2.24) is 4.98 Å². The van der Waals surface area contributed by atoms with Gasteiger partial charge in [-0.25, -0.2) is 0 Å². The third-order valence-corrected chi connectivity index (χ3v) is 6.43. The lowest BCUT2D eigenvalue weighted by molar-refractivity contribution is 0.935. The van der Waals surface area contributed by atoms with Crippen molar-refractivity contribution >= 4 is 46.3 Å². The van der Waals surface area contributed by atoms with Crippen molar-refractivity contribution in [3.8, 4) is 0 Å². The molecule has 0 amide bonds. The Labute approximate surface area is 131 Å². The van der Waals surface area contributed by atoms with Crippen molar-refractivity contribution in [3.63, 3.8) is 0 Å². The topological polar surface area (TPSA) is 12.9 Å². The second-order valence-corrected chi connectivity index (χ2v) is 7.75. The highest BCUT2D eigenvalue weighted by molar-refractivity contribution is 7.98. The second kappa shape index (κ2) is 6.04. The van der Waals surface area contributed by atoms with Crippen LogP contribution >= 0.6 is 46.3 Å². The molecule has 19 heavy (non-hydrogen) atoms. The summed E-state index contributed by atoms with van der Waals surface area (Å²) in [6.07, 6.45) is 5.39. The van der Waals surface area contributed by atoms with Gasteiger partial charge in [-0.3, -0.25) is 4.98 Å². The Kier molecular flexibility index (Phi) is 4.37. The lowest BCUT2D eigenvalue weighted by Gasteiger charge is -2.08. The predicted octanol–water partition coefficient (Wildman–Crippen LogP) is 5.11. The van der Waals surface area contributed by atoms with E-state index in [1.165, 1.54) is 27.5 Å². The molecule has 1 nitrogen and oxygen atoms in total. The molecule has 100 valence electrons. The number of nitrogens with zero attached hydrogens (tertiary/aromatic N) is 1. The van der Waals surface area contributed by atoms with Gasteiger partial charge in [0.15, 0.2) is 0 Å². The average molecular weight is 330 g/mol. The molecule has 0 saturated carbocycles. The minimum atomic E-state index is 0.000463. The Morgan fingerprint density at radius 1 is 1.42 bits per heavy atom. The van der Waals surface area contributed by atoms with Crippen LogP contribution in [0.1, 0.15) is 26.3 Å². The molecule has 1 aliphatic heterocycles. The molecule has 0 saturated heterocycles. The Hall–Kier alpha value is -0.220. The minimum Gasteiger partial charge on any atom is -0.263 e. The Balaban J connectivity index is 1.79. The molecule has 1 unspecified atom stereocenters. The van der Waals surface area contributed by atoms with E-state index in [1.807, 2.05) is 29.2 Å². The predicted molar refractivity (Wildman–Crippen MR) is 85.7 cm³/mol. The summed E-state index contributed by atoms with van der Waals surface area (Å²) in [6, 6.07) is 4.22. The zero-order valence-electron chi connectivity index (χ0n) is 10.2. The maximum Gasteiger partial charge on any atom is 0.0719 e. The molecule has 0 spiro atoms. The van der Waals surface area contributed by atoms with E-state index in [4.69, 9.17) is 23.2 Å². The summed E-state index contributed by atoms with van der Waals surface area (Å²) in [4.78, 5) is 6.78. The summed E-state index contributed by atoms with van der Waals surface area (Å²) in [7, 11) is 0. The smallest absolute Gasteiger partial charge is 0.0719 e. The number of aryl methyl sites for hydroxylation is 1. The first-order valence-electron chi connectivity index (χ1n) is 6.15. The van der Waals surface area contributed by atoms with Gasteiger partial charge < -0.3 is 0 Å². The lowest BCUT2D eigenvalue weighted by atomic mass is 10.1. The molecular formula is C14H13Cl2NS2. The van der Waals surface area contributed by atoms with E-state index in [1.54, 1.807) is 12.4 Å². The first-order chi connectivity index (χ1) is 9.24. The molecule has 1 atom stereocenters. The number of hydrogen-bond acceptors (Lipinski definition) is 3. The van der Waals surface area contributed by atoms with Gasteiger partial charge in [0.25, 0.3) is 0 Å². The monoisotopic (exact) mass is 329 g/mol. The molecule has 0 bridgehead atoms. The van der Waals surface area contributed by atoms with E-state index in [0.717, 1.165) is 17.7 Å². The van der Waals surface area contributed by atoms with Crippen molar-refractivity contribution in [2.75, 3.05) is 5.75 Å². The Morgan fingerprint density at radius 2 is 2.32 bits per heavy atom. The average Bonchev–Trinajstić information content (AvgIpc) is 2.85. The van der Waals surface area contributed by atoms with Crippen LogP contribution in [-0.4, -0.2) is 10.7 Å². The van der Waals surface area contributed by atoms with E-state index in [-0.39, 0.29) is 5.38 Å². The number of rotatable bonds is 3. The van der Waals surface area contributed by atoms with E-state index in [0.29, 0.717) is 5.02 Å². The van der Waals surface area contributed by atoms with Gasteiger partial charge in [0.2, 0.25) is 0 Å². The first kappa shape index (κ1) is 13.7. The largest absolute Gasteiger partial charge is 0.263 e.